The summed E-state index contributed by atoms with van der Waals surface area (Å²) in [6, 6.07) is 4.28. The highest BCUT2D eigenvalue weighted by molar-refractivity contribution is 7.99. The van der Waals surface area contributed by atoms with Gasteiger partial charge >= 0.3 is 0 Å². The van der Waals surface area contributed by atoms with Gasteiger partial charge in [0.05, 0.1) is 4.90 Å². The van der Waals surface area contributed by atoms with Gasteiger partial charge in [0.2, 0.25) is 0 Å². The van der Waals surface area contributed by atoms with Crippen LogP contribution in [0.2, 0.25) is 0 Å². The molecule has 2 nitrogen and oxygen atoms in total. The van der Waals surface area contributed by atoms with Crippen molar-refractivity contribution < 1.29 is 4.74 Å². The first-order valence-electron chi connectivity index (χ1n) is 5.22. The maximum atomic E-state index is 5.48. The molecule has 0 amide bonds. The van der Waals surface area contributed by atoms with Crippen LogP contribution in [0.25, 0.3) is 10.9 Å². The second kappa shape index (κ2) is 4.19. The minimum Gasteiger partial charge on any atom is -0.481 e. The zero-order chi connectivity index (χ0) is 10.8. The van der Waals surface area contributed by atoms with Gasteiger partial charge in [0, 0.05) is 17.1 Å². The number of fused-ring (bicyclic) bond motifs is 2. The molecule has 0 spiro atoms. The van der Waals surface area contributed by atoms with Crippen molar-refractivity contribution in [1.82, 2.24) is 4.98 Å². The molecular weight excluding hydrogens is 206 g/mol. The Hall–Kier alpha value is -1.09. The molecular formula is C12H15NOS. The third kappa shape index (κ3) is 1.72. The number of thioether (sulfide) groups is 1. The molecule has 80 valence electrons. The van der Waals surface area contributed by atoms with Crippen LogP contribution in [0.15, 0.2) is 23.2 Å². The Labute approximate surface area is 94.0 Å². The molecule has 0 radical (unpaired) electrons. The topological polar surface area (TPSA) is 25.0 Å². The van der Waals surface area contributed by atoms with E-state index in [2.05, 4.69) is 24.0 Å². The molecule has 0 saturated heterocycles. The highest BCUT2D eigenvalue weighted by Crippen LogP contribution is 2.39. The maximum absolute atomic E-state index is 5.48. The SMILES string of the molecule is CC.Cc1c[nH]c2cc3c(cc12)OCS3. The highest BCUT2D eigenvalue weighted by atomic mass is 32.2. The lowest BCUT2D eigenvalue weighted by molar-refractivity contribution is 0.398. The van der Waals surface area contributed by atoms with Gasteiger partial charge in [-0.3, -0.25) is 0 Å². The van der Waals surface area contributed by atoms with Crippen molar-refractivity contribution in [1.29, 1.82) is 0 Å². The molecule has 1 N–H and O–H groups in total. The van der Waals surface area contributed by atoms with E-state index in [4.69, 9.17) is 4.74 Å². The summed E-state index contributed by atoms with van der Waals surface area (Å²) in [5, 5.41) is 1.27. The fourth-order valence-electron chi connectivity index (χ4n) is 1.65. The van der Waals surface area contributed by atoms with Gasteiger partial charge in [-0.2, -0.15) is 0 Å². The van der Waals surface area contributed by atoms with Crippen LogP contribution in [0.4, 0.5) is 0 Å². The van der Waals surface area contributed by atoms with Gasteiger partial charge in [0.15, 0.2) is 0 Å². The van der Waals surface area contributed by atoms with Crippen molar-refractivity contribution in [3.63, 3.8) is 0 Å². The Morgan fingerprint density at radius 2 is 2.13 bits per heavy atom. The van der Waals surface area contributed by atoms with Crippen molar-refractivity contribution in [2.24, 2.45) is 0 Å². The Balaban J connectivity index is 0.000000404. The van der Waals surface area contributed by atoms with E-state index in [-0.39, 0.29) is 0 Å². The first-order chi connectivity index (χ1) is 7.34. The lowest BCUT2D eigenvalue weighted by atomic mass is 10.2. The third-order valence-corrected chi connectivity index (χ3v) is 3.25. The van der Waals surface area contributed by atoms with Gasteiger partial charge in [0.1, 0.15) is 11.7 Å². The Kier molecular flexibility index (Phi) is 2.91. The van der Waals surface area contributed by atoms with Gasteiger partial charge in [-0.15, -0.1) is 0 Å². The third-order valence-electron chi connectivity index (χ3n) is 2.38. The molecule has 2 aromatic rings. The zero-order valence-corrected chi connectivity index (χ0v) is 10.1. The Bertz CT molecular complexity index is 476. The fraction of sp³-hybridized carbons (Fsp3) is 0.333. The number of aryl methyl sites for hydroxylation is 1. The summed E-state index contributed by atoms with van der Waals surface area (Å²) in [6.07, 6.45) is 2.03. The number of ether oxygens (including phenoxy) is 1. The molecule has 0 aliphatic carbocycles. The second-order valence-electron chi connectivity index (χ2n) is 3.22. The van der Waals surface area contributed by atoms with Crippen molar-refractivity contribution in [3.05, 3.63) is 23.9 Å². The smallest absolute Gasteiger partial charge is 0.138 e. The number of hydrogen-bond donors (Lipinski definition) is 1. The average molecular weight is 221 g/mol. The predicted molar refractivity (Wildman–Crippen MR) is 65.7 cm³/mol. The second-order valence-corrected chi connectivity index (χ2v) is 4.19. The number of nitrogens with one attached hydrogen (secondary N) is 1. The lowest BCUT2D eigenvalue weighted by Crippen LogP contribution is -1.82. The molecule has 0 fully saturated rings. The van der Waals surface area contributed by atoms with E-state index < -0.39 is 0 Å². The number of rotatable bonds is 0. The van der Waals surface area contributed by atoms with E-state index in [1.165, 1.54) is 21.4 Å². The minimum atomic E-state index is 0.751. The summed E-state index contributed by atoms with van der Waals surface area (Å²) in [7, 11) is 0. The molecule has 1 aliphatic rings. The summed E-state index contributed by atoms with van der Waals surface area (Å²) in [6.45, 7) is 6.10. The molecule has 0 bridgehead atoms. The van der Waals surface area contributed by atoms with Gasteiger partial charge in [-0.05, 0) is 24.6 Å². The number of aromatic amines is 1. The molecule has 1 aliphatic heterocycles. The molecule has 0 saturated carbocycles. The van der Waals surface area contributed by atoms with E-state index in [1.54, 1.807) is 11.8 Å². The zero-order valence-electron chi connectivity index (χ0n) is 9.26. The number of H-pyrrole nitrogens is 1. The van der Waals surface area contributed by atoms with Crippen LogP contribution in [-0.2, 0) is 0 Å². The minimum absolute atomic E-state index is 0.751. The number of benzene rings is 1. The summed E-state index contributed by atoms with van der Waals surface area (Å²) in [4.78, 5) is 4.49. The Morgan fingerprint density at radius 3 is 2.93 bits per heavy atom. The van der Waals surface area contributed by atoms with E-state index in [0.717, 1.165) is 11.7 Å². The van der Waals surface area contributed by atoms with Crippen molar-refractivity contribution in [3.8, 4) is 5.75 Å². The van der Waals surface area contributed by atoms with Gasteiger partial charge < -0.3 is 9.72 Å². The standard InChI is InChI=1S/C10H9NOS.C2H6/c1-6-4-11-8-3-10-9(2-7(6)8)12-5-13-10;1-2/h2-4,11H,5H2,1H3;1-2H3. The van der Waals surface area contributed by atoms with Crippen LogP contribution in [0, 0.1) is 6.92 Å². The number of aromatic nitrogens is 1. The summed E-state index contributed by atoms with van der Waals surface area (Å²) >= 11 is 1.75. The van der Waals surface area contributed by atoms with Gasteiger partial charge in [0.25, 0.3) is 0 Å². The molecule has 0 atom stereocenters. The first kappa shape index (κ1) is 10.4. The van der Waals surface area contributed by atoms with Crippen molar-refractivity contribution in [2.45, 2.75) is 25.7 Å². The van der Waals surface area contributed by atoms with Crippen LogP contribution in [0.3, 0.4) is 0 Å². The van der Waals surface area contributed by atoms with Gasteiger partial charge in [-0.1, -0.05) is 25.6 Å². The molecule has 0 unspecified atom stereocenters. The molecule has 1 aromatic heterocycles. The summed E-state index contributed by atoms with van der Waals surface area (Å²) < 4.78 is 5.48. The largest absolute Gasteiger partial charge is 0.481 e. The number of hydrogen-bond acceptors (Lipinski definition) is 2. The fourth-order valence-corrected chi connectivity index (χ4v) is 2.43. The van der Waals surface area contributed by atoms with E-state index >= 15 is 0 Å². The van der Waals surface area contributed by atoms with Crippen molar-refractivity contribution >= 4 is 22.7 Å². The lowest BCUT2D eigenvalue weighted by Gasteiger charge is -1.97. The Morgan fingerprint density at radius 1 is 1.33 bits per heavy atom. The molecule has 1 aromatic carbocycles. The molecule has 15 heavy (non-hydrogen) atoms. The monoisotopic (exact) mass is 221 g/mol. The molecule has 3 heteroatoms. The first-order valence-corrected chi connectivity index (χ1v) is 6.20. The highest BCUT2D eigenvalue weighted by Gasteiger charge is 2.14. The normalized spacial score (nSPS) is 13.0. The van der Waals surface area contributed by atoms with Crippen LogP contribution >= 0.6 is 11.8 Å². The van der Waals surface area contributed by atoms with Crippen LogP contribution < -0.4 is 4.74 Å². The average Bonchev–Trinajstić information content (AvgIpc) is 2.86. The van der Waals surface area contributed by atoms with Crippen molar-refractivity contribution in [2.75, 3.05) is 5.94 Å². The van der Waals surface area contributed by atoms with E-state index in [1.807, 2.05) is 20.0 Å². The van der Waals surface area contributed by atoms with E-state index in [9.17, 15) is 0 Å². The summed E-state index contributed by atoms with van der Waals surface area (Å²) in [5.41, 5.74) is 2.48. The van der Waals surface area contributed by atoms with Crippen LogP contribution in [-0.4, -0.2) is 10.9 Å². The summed E-state index contributed by atoms with van der Waals surface area (Å²) in [5.74, 6) is 1.78. The van der Waals surface area contributed by atoms with Gasteiger partial charge in [-0.25, -0.2) is 0 Å². The van der Waals surface area contributed by atoms with Crippen LogP contribution in [0.5, 0.6) is 5.75 Å². The van der Waals surface area contributed by atoms with Crippen LogP contribution in [0.1, 0.15) is 19.4 Å². The molecule has 2 heterocycles. The predicted octanol–water partition coefficient (Wildman–Crippen LogP) is 3.94. The molecule has 3 rings (SSSR count). The maximum Gasteiger partial charge on any atom is 0.138 e. The quantitative estimate of drug-likeness (QED) is 0.728. The van der Waals surface area contributed by atoms with E-state index in [0.29, 0.717) is 0 Å².